The summed E-state index contributed by atoms with van der Waals surface area (Å²) in [4.78, 5) is 10.3. The Morgan fingerprint density at radius 3 is 2.18 bits per heavy atom. The highest BCUT2D eigenvalue weighted by atomic mass is 19.3. The van der Waals surface area contributed by atoms with Gasteiger partial charge in [0.2, 0.25) is 0 Å². The van der Waals surface area contributed by atoms with Crippen LogP contribution in [0.15, 0.2) is 0 Å². The summed E-state index contributed by atoms with van der Waals surface area (Å²) in [7, 11) is 0. The minimum Gasteiger partial charge on any atom is -0.480 e. The van der Waals surface area contributed by atoms with Crippen molar-refractivity contribution in [2.45, 2.75) is 24.8 Å². The Bertz CT molecular complexity index is 177. The van der Waals surface area contributed by atoms with E-state index in [2.05, 4.69) is 0 Å². The van der Waals surface area contributed by atoms with E-state index in [1.165, 1.54) is 0 Å². The summed E-state index contributed by atoms with van der Waals surface area (Å²) in [6, 6.07) is 0. The lowest BCUT2D eigenvalue weighted by atomic mass is 9.96. The molecule has 11 heavy (non-hydrogen) atoms. The second-order valence-electron chi connectivity index (χ2n) is 2.81. The summed E-state index contributed by atoms with van der Waals surface area (Å²) >= 11 is 0. The second-order valence-corrected chi connectivity index (χ2v) is 2.81. The van der Waals surface area contributed by atoms with E-state index < -0.39 is 23.9 Å². The molecule has 3 N–H and O–H groups in total. The molecular weight excluding hydrogens is 156 g/mol. The summed E-state index contributed by atoms with van der Waals surface area (Å²) in [5, 5.41) is 8.41. The van der Waals surface area contributed by atoms with Gasteiger partial charge in [0.05, 0.1) is 0 Å². The lowest BCUT2D eigenvalue weighted by Crippen LogP contribution is -2.56. The number of carboxylic acids is 1. The van der Waals surface area contributed by atoms with Crippen LogP contribution in [0.3, 0.4) is 0 Å². The first-order valence-corrected chi connectivity index (χ1v) is 3.30. The molecule has 1 unspecified atom stereocenters. The molecule has 0 radical (unpaired) electrons. The number of halogens is 2. The first kappa shape index (κ1) is 8.39. The number of nitrogens with two attached hydrogens (primary N) is 1. The van der Waals surface area contributed by atoms with E-state index in [4.69, 9.17) is 10.8 Å². The highest BCUT2D eigenvalue weighted by molar-refractivity contribution is 5.80. The number of hydrogen-bond donors (Lipinski definition) is 2. The van der Waals surface area contributed by atoms with Crippen LogP contribution in [-0.4, -0.2) is 23.0 Å². The molecule has 0 spiro atoms. The van der Waals surface area contributed by atoms with E-state index in [0.717, 1.165) is 0 Å². The summed E-state index contributed by atoms with van der Waals surface area (Å²) in [5.74, 6) is -2.14. The van der Waals surface area contributed by atoms with Crippen molar-refractivity contribution in [1.29, 1.82) is 0 Å². The summed E-state index contributed by atoms with van der Waals surface area (Å²) in [5.41, 5.74) is 2.73. The molecule has 64 valence electrons. The molecule has 0 saturated heterocycles. The number of alkyl halides is 2. The van der Waals surface area contributed by atoms with Crippen molar-refractivity contribution in [2.24, 2.45) is 11.7 Å². The maximum absolute atomic E-state index is 12.1. The molecule has 1 saturated carbocycles. The van der Waals surface area contributed by atoms with Gasteiger partial charge in [0.15, 0.2) is 5.54 Å². The van der Waals surface area contributed by atoms with Crippen molar-refractivity contribution in [2.75, 3.05) is 0 Å². The number of carbonyl (C=O) groups is 1. The van der Waals surface area contributed by atoms with Gasteiger partial charge < -0.3 is 10.8 Å². The molecule has 0 amide bonds. The highest BCUT2D eigenvalue weighted by Gasteiger charge is 2.55. The molecule has 0 heterocycles. The van der Waals surface area contributed by atoms with Crippen LogP contribution in [0, 0.1) is 5.92 Å². The predicted molar refractivity (Wildman–Crippen MR) is 33.3 cm³/mol. The maximum atomic E-state index is 12.1. The van der Waals surface area contributed by atoms with E-state index in [1.807, 2.05) is 0 Å². The van der Waals surface area contributed by atoms with E-state index in [1.54, 1.807) is 0 Å². The molecular formula is C6H9F2NO2. The van der Waals surface area contributed by atoms with Gasteiger partial charge in [0, 0.05) is 0 Å². The van der Waals surface area contributed by atoms with Gasteiger partial charge in [0.25, 0.3) is 6.43 Å². The maximum Gasteiger partial charge on any atom is 0.329 e. The molecule has 1 rings (SSSR count). The zero-order chi connectivity index (χ0) is 8.65. The molecule has 0 aromatic heterocycles. The molecule has 1 fully saturated rings. The molecule has 1 aliphatic carbocycles. The fraction of sp³-hybridized carbons (Fsp3) is 0.833. The number of hydrogen-bond acceptors (Lipinski definition) is 2. The van der Waals surface area contributed by atoms with Crippen LogP contribution in [0.1, 0.15) is 12.8 Å². The van der Waals surface area contributed by atoms with E-state index in [9.17, 15) is 13.6 Å². The zero-order valence-corrected chi connectivity index (χ0v) is 5.76. The number of rotatable bonds is 3. The SMILES string of the molecule is NC(C(=O)O)(C(F)F)C1CC1. The Kier molecular flexibility index (Phi) is 1.83. The smallest absolute Gasteiger partial charge is 0.329 e. The molecule has 5 heteroatoms. The molecule has 0 bridgehead atoms. The van der Waals surface area contributed by atoms with Crippen LogP contribution < -0.4 is 5.73 Å². The fourth-order valence-corrected chi connectivity index (χ4v) is 1.01. The molecule has 3 nitrogen and oxygen atoms in total. The fourth-order valence-electron chi connectivity index (χ4n) is 1.01. The average Bonchev–Trinajstić information content (AvgIpc) is 2.66. The van der Waals surface area contributed by atoms with Crippen molar-refractivity contribution in [3.8, 4) is 0 Å². The molecule has 0 aromatic rings. The normalized spacial score (nSPS) is 23.3. The second kappa shape index (κ2) is 2.41. The Hall–Kier alpha value is -0.710. The largest absolute Gasteiger partial charge is 0.480 e. The van der Waals surface area contributed by atoms with Crippen molar-refractivity contribution >= 4 is 5.97 Å². The summed E-state index contributed by atoms with van der Waals surface area (Å²) in [6.45, 7) is 0. The monoisotopic (exact) mass is 165 g/mol. The third kappa shape index (κ3) is 1.20. The van der Waals surface area contributed by atoms with Crippen molar-refractivity contribution in [3.05, 3.63) is 0 Å². The van der Waals surface area contributed by atoms with Crippen LogP contribution in [-0.2, 0) is 4.79 Å². The van der Waals surface area contributed by atoms with E-state index in [-0.39, 0.29) is 0 Å². The van der Waals surface area contributed by atoms with Gasteiger partial charge >= 0.3 is 5.97 Å². The van der Waals surface area contributed by atoms with Crippen LogP contribution >= 0.6 is 0 Å². The van der Waals surface area contributed by atoms with Gasteiger partial charge in [-0.15, -0.1) is 0 Å². The van der Waals surface area contributed by atoms with Gasteiger partial charge in [0.1, 0.15) is 0 Å². The van der Waals surface area contributed by atoms with Crippen LogP contribution in [0.25, 0.3) is 0 Å². The van der Waals surface area contributed by atoms with Crippen molar-refractivity contribution in [1.82, 2.24) is 0 Å². The van der Waals surface area contributed by atoms with Crippen LogP contribution in [0.4, 0.5) is 8.78 Å². The lowest BCUT2D eigenvalue weighted by Gasteiger charge is -2.22. The number of carboxylic acid groups (broad SMARTS) is 1. The summed E-state index contributed by atoms with van der Waals surface area (Å²) < 4.78 is 24.2. The van der Waals surface area contributed by atoms with Gasteiger partial charge in [-0.3, -0.25) is 0 Å². The van der Waals surface area contributed by atoms with Gasteiger partial charge in [-0.2, -0.15) is 0 Å². The number of aliphatic carboxylic acids is 1. The predicted octanol–water partition coefficient (Wildman–Crippen LogP) is 0.444. The topological polar surface area (TPSA) is 63.3 Å². The van der Waals surface area contributed by atoms with Crippen molar-refractivity contribution < 1.29 is 18.7 Å². The molecule has 0 aromatic carbocycles. The third-order valence-corrected chi connectivity index (χ3v) is 1.98. The Balaban J connectivity index is 2.77. The van der Waals surface area contributed by atoms with Crippen LogP contribution in [0.5, 0.6) is 0 Å². The minimum absolute atomic E-state index is 0.493. The van der Waals surface area contributed by atoms with Gasteiger partial charge in [-0.1, -0.05) is 0 Å². The molecule has 1 atom stereocenters. The third-order valence-electron chi connectivity index (χ3n) is 1.98. The zero-order valence-electron chi connectivity index (χ0n) is 5.76. The quantitative estimate of drug-likeness (QED) is 0.637. The molecule has 0 aliphatic heterocycles. The Labute approximate surface area is 62.2 Å². The lowest BCUT2D eigenvalue weighted by molar-refractivity contribution is -0.151. The van der Waals surface area contributed by atoms with E-state index in [0.29, 0.717) is 12.8 Å². The first-order chi connectivity index (χ1) is 4.99. The standard InChI is InChI=1S/C6H9F2NO2/c7-4(8)6(9,5(10)11)3-1-2-3/h3-4H,1-2,9H2,(H,10,11). The van der Waals surface area contributed by atoms with Crippen LogP contribution in [0.2, 0.25) is 0 Å². The minimum atomic E-state index is -2.98. The Morgan fingerprint density at radius 1 is 1.64 bits per heavy atom. The van der Waals surface area contributed by atoms with E-state index >= 15 is 0 Å². The summed E-state index contributed by atoms with van der Waals surface area (Å²) in [6.07, 6.45) is -1.99. The average molecular weight is 165 g/mol. The van der Waals surface area contributed by atoms with Gasteiger partial charge in [-0.25, -0.2) is 13.6 Å². The highest BCUT2D eigenvalue weighted by Crippen LogP contribution is 2.41. The molecule has 1 aliphatic rings. The van der Waals surface area contributed by atoms with Crippen molar-refractivity contribution in [3.63, 3.8) is 0 Å². The Morgan fingerprint density at radius 2 is 2.09 bits per heavy atom. The first-order valence-electron chi connectivity index (χ1n) is 3.30. The van der Waals surface area contributed by atoms with Gasteiger partial charge in [-0.05, 0) is 18.8 Å².